The second kappa shape index (κ2) is 8.12. The van der Waals surface area contributed by atoms with Gasteiger partial charge in [0.05, 0.1) is 23.2 Å². The Morgan fingerprint density at radius 3 is 2.68 bits per heavy atom. The van der Waals surface area contributed by atoms with Crippen LogP contribution >= 0.6 is 15.9 Å². The van der Waals surface area contributed by atoms with Gasteiger partial charge >= 0.3 is 5.97 Å². The normalized spacial score (nSPS) is 13.8. The molecule has 4 rings (SSSR count). The number of benzene rings is 2. The minimum atomic E-state index is -0.148. The molecular formula is C24H26BrNO2. The first-order chi connectivity index (χ1) is 13.6. The summed E-state index contributed by atoms with van der Waals surface area (Å²) in [6.07, 6.45) is 3.92. The van der Waals surface area contributed by atoms with Gasteiger partial charge < -0.3 is 9.30 Å². The lowest BCUT2D eigenvalue weighted by Gasteiger charge is -2.14. The highest BCUT2D eigenvalue weighted by atomic mass is 79.9. The smallest absolute Gasteiger partial charge is 0.307 e. The third-order valence-corrected chi connectivity index (χ3v) is 6.38. The second-order valence-electron chi connectivity index (χ2n) is 7.43. The first kappa shape index (κ1) is 19.3. The first-order valence-electron chi connectivity index (χ1n) is 10.2. The molecule has 0 N–H and O–H groups in total. The third-order valence-electron chi connectivity index (χ3n) is 5.57. The summed E-state index contributed by atoms with van der Waals surface area (Å²) in [6.45, 7) is 5.06. The van der Waals surface area contributed by atoms with Crippen LogP contribution < -0.4 is 0 Å². The zero-order valence-corrected chi connectivity index (χ0v) is 18.1. The number of nitrogens with zero attached hydrogens (tertiary/aromatic N) is 1. The van der Waals surface area contributed by atoms with Crippen molar-refractivity contribution in [1.82, 2.24) is 4.57 Å². The van der Waals surface area contributed by atoms with Crippen molar-refractivity contribution in [2.75, 3.05) is 6.61 Å². The molecule has 0 unspecified atom stereocenters. The fraction of sp³-hybridized carbons (Fsp3) is 0.375. The van der Waals surface area contributed by atoms with Crippen LogP contribution in [0, 0.1) is 0 Å². The number of halogens is 1. The number of aromatic nitrogens is 1. The van der Waals surface area contributed by atoms with E-state index in [4.69, 9.17) is 4.74 Å². The number of ether oxygens (including phenoxy) is 1. The van der Waals surface area contributed by atoms with E-state index in [1.807, 2.05) is 6.92 Å². The Morgan fingerprint density at radius 2 is 1.96 bits per heavy atom. The molecule has 0 saturated heterocycles. The molecule has 0 spiro atoms. The van der Waals surface area contributed by atoms with Crippen molar-refractivity contribution in [3.8, 4) is 11.3 Å². The van der Waals surface area contributed by atoms with Crippen molar-refractivity contribution in [2.45, 2.75) is 52.0 Å². The van der Waals surface area contributed by atoms with Gasteiger partial charge in [0.25, 0.3) is 0 Å². The lowest BCUT2D eigenvalue weighted by atomic mass is 10.0. The molecule has 146 valence electrons. The van der Waals surface area contributed by atoms with Crippen molar-refractivity contribution < 1.29 is 9.53 Å². The largest absolute Gasteiger partial charge is 0.466 e. The molecule has 4 heteroatoms. The maximum atomic E-state index is 12.0. The van der Waals surface area contributed by atoms with Crippen LogP contribution in [0.3, 0.4) is 0 Å². The van der Waals surface area contributed by atoms with Crippen LogP contribution in [0.25, 0.3) is 22.2 Å². The van der Waals surface area contributed by atoms with Gasteiger partial charge in [-0.3, -0.25) is 4.79 Å². The fourth-order valence-electron chi connectivity index (χ4n) is 3.99. The standard InChI is InChI=1S/C24H26BrNO2/c1-3-16-7-5-6-8-19(16)24-23(25)20-15-18(17-9-10-17)11-12-21(20)26(24)14-13-22(27)28-4-2/h5-8,11-12,15,17H,3-4,9-10,13-14H2,1-2H3. The lowest BCUT2D eigenvalue weighted by Crippen LogP contribution is -2.10. The minimum absolute atomic E-state index is 0.148. The summed E-state index contributed by atoms with van der Waals surface area (Å²) < 4.78 is 8.57. The number of carbonyl (C=O) groups excluding carboxylic acids is 1. The Bertz CT molecular complexity index is 1020. The summed E-state index contributed by atoms with van der Waals surface area (Å²) in [6, 6.07) is 15.3. The summed E-state index contributed by atoms with van der Waals surface area (Å²) >= 11 is 3.91. The molecule has 28 heavy (non-hydrogen) atoms. The average molecular weight is 440 g/mol. The molecule has 1 saturated carbocycles. The van der Waals surface area contributed by atoms with Gasteiger partial charge in [-0.05, 0) is 71.3 Å². The number of carbonyl (C=O) groups is 1. The molecule has 0 bridgehead atoms. The van der Waals surface area contributed by atoms with Gasteiger partial charge in [0, 0.05) is 23.0 Å². The van der Waals surface area contributed by atoms with Crippen LogP contribution in [0.5, 0.6) is 0 Å². The molecular weight excluding hydrogens is 414 g/mol. The van der Waals surface area contributed by atoms with Crippen molar-refractivity contribution in [3.63, 3.8) is 0 Å². The molecule has 1 aromatic heterocycles. The monoisotopic (exact) mass is 439 g/mol. The van der Waals surface area contributed by atoms with Crippen LogP contribution in [0.1, 0.15) is 50.2 Å². The summed E-state index contributed by atoms with van der Waals surface area (Å²) in [5.41, 5.74) is 6.29. The van der Waals surface area contributed by atoms with Crippen LogP contribution in [0.2, 0.25) is 0 Å². The number of esters is 1. The maximum absolute atomic E-state index is 12.0. The Kier molecular flexibility index (Phi) is 5.58. The molecule has 1 fully saturated rings. The molecule has 0 amide bonds. The van der Waals surface area contributed by atoms with Crippen molar-refractivity contribution in [3.05, 3.63) is 58.1 Å². The van der Waals surface area contributed by atoms with Gasteiger partial charge in [0.2, 0.25) is 0 Å². The third kappa shape index (κ3) is 3.62. The predicted octanol–water partition coefficient (Wildman–Crippen LogP) is 6.46. The quantitative estimate of drug-likeness (QED) is 0.395. The lowest BCUT2D eigenvalue weighted by molar-refractivity contribution is -0.143. The van der Waals surface area contributed by atoms with Crippen LogP contribution in [-0.4, -0.2) is 17.1 Å². The molecule has 1 aliphatic rings. The number of hydrogen-bond acceptors (Lipinski definition) is 2. The van der Waals surface area contributed by atoms with Crippen LogP contribution in [0.15, 0.2) is 46.9 Å². The average Bonchev–Trinajstić information content (AvgIpc) is 3.52. The highest BCUT2D eigenvalue weighted by molar-refractivity contribution is 9.10. The van der Waals surface area contributed by atoms with Crippen molar-refractivity contribution >= 4 is 32.8 Å². The Hall–Kier alpha value is -2.07. The molecule has 0 atom stereocenters. The van der Waals surface area contributed by atoms with E-state index in [0.717, 1.165) is 16.6 Å². The minimum Gasteiger partial charge on any atom is -0.466 e. The van der Waals surface area contributed by atoms with Gasteiger partial charge in [0.1, 0.15) is 0 Å². The van der Waals surface area contributed by atoms with Crippen molar-refractivity contribution in [2.24, 2.45) is 0 Å². The topological polar surface area (TPSA) is 31.2 Å². The van der Waals surface area contributed by atoms with E-state index in [0.29, 0.717) is 25.5 Å². The molecule has 0 radical (unpaired) electrons. The zero-order chi connectivity index (χ0) is 19.7. The predicted molar refractivity (Wildman–Crippen MR) is 118 cm³/mol. The molecule has 0 aliphatic heterocycles. The maximum Gasteiger partial charge on any atom is 0.307 e. The highest BCUT2D eigenvalue weighted by Gasteiger charge is 2.25. The second-order valence-corrected chi connectivity index (χ2v) is 8.22. The SMILES string of the molecule is CCOC(=O)CCn1c(-c2ccccc2CC)c(Br)c2cc(C3CC3)ccc21. The Labute approximate surface area is 174 Å². The van der Waals surface area contributed by atoms with E-state index in [2.05, 4.69) is 69.9 Å². The number of rotatable bonds is 7. The molecule has 2 aromatic carbocycles. The fourth-order valence-corrected chi connectivity index (χ4v) is 4.74. The summed E-state index contributed by atoms with van der Waals surface area (Å²) in [5, 5.41) is 1.23. The summed E-state index contributed by atoms with van der Waals surface area (Å²) in [7, 11) is 0. The van der Waals surface area contributed by atoms with Gasteiger partial charge in [-0.2, -0.15) is 0 Å². The number of fused-ring (bicyclic) bond motifs is 1. The molecule has 1 aliphatic carbocycles. The van der Waals surface area contributed by atoms with Gasteiger partial charge in [0.15, 0.2) is 0 Å². The Balaban J connectivity index is 1.86. The zero-order valence-electron chi connectivity index (χ0n) is 16.5. The van der Waals surface area contributed by atoms with Crippen LogP contribution in [0.4, 0.5) is 0 Å². The van der Waals surface area contributed by atoms with Gasteiger partial charge in [-0.1, -0.05) is 37.3 Å². The van der Waals surface area contributed by atoms with E-state index in [1.54, 1.807) is 0 Å². The summed E-state index contributed by atoms with van der Waals surface area (Å²) in [5.74, 6) is 0.565. The van der Waals surface area contributed by atoms with E-state index in [9.17, 15) is 4.79 Å². The number of aryl methyl sites for hydroxylation is 2. The molecule has 1 heterocycles. The highest BCUT2D eigenvalue weighted by Crippen LogP contribution is 2.44. The van der Waals surface area contributed by atoms with E-state index in [-0.39, 0.29) is 5.97 Å². The Morgan fingerprint density at radius 1 is 1.18 bits per heavy atom. The van der Waals surface area contributed by atoms with Crippen LogP contribution in [-0.2, 0) is 22.5 Å². The molecule has 3 aromatic rings. The van der Waals surface area contributed by atoms with Crippen molar-refractivity contribution in [1.29, 1.82) is 0 Å². The van der Waals surface area contributed by atoms with E-state index >= 15 is 0 Å². The molecule has 3 nitrogen and oxygen atoms in total. The van der Waals surface area contributed by atoms with E-state index < -0.39 is 0 Å². The summed E-state index contributed by atoms with van der Waals surface area (Å²) in [4.78, 5) is 12.0. The first-order valence-corrected chi connectivity index (χ1v) is 11.0. The van der Waals surface area contributed by atoms with Gasteiger partial charge in [-0.15, -0.1) is 0 Å². The van der Waals surface area contributed by atoms with E-state index in [1.165, 1.54) is 40.4 Å². The van der Waals surface area contributed by atoms with Gasteiger partial charge in [-0.25, -0.2) is 0 Å². The number of hydrogen-bond donors (Lipinski definition) is 0.